The van der Waals surface area contributed by atoms with Gasteiger partial charge in [-0.15, -0.1) is 11.3 Å². The van der Waals surface area contributed by atoms with Crippen LogP contribution in [0.2, 0.25) is 0 Å². The minimum Gasteiger partial charge on any atom is -0.491 e. The lowest BCUT2D eigenvalue weighted by atomic mass is 9.83. The van der Waals surface area contributed by atoms with E-state index in [1.807, 2.05) is 35.2 Å². The fourth-order valence-electron chi connectivity index (χ4n) is 7.88. The number of nitrogens with zero attached hydrogens (tertiary/aromatic N) is 3. The Labute approximate surface area is 328 Å². The van der Waals surface area contributed by atoms with Crippen LogP contribution in [0.15, 0.2) is 41.8 Å². The zero-order valence-corrected chi connectivity index (χ0v) is 33.0. The van der Waals surface area contributed by atoms with Crippen LogP contribution in [-0.4, -0.2) is 122 Å². The largest absolute Gasteiger partial charge is 0.491 e. The number of nitrogens with one attached hydrogen (secondary N) is 2. The number of likely N-dealkylation sites (tertiary alicyclic amines) is 1. The van der Waals surface area contributed by atoms with Gasteiger partial charge in [0, 0.05) is 29.9 Å². The van der Waals surface area contributed by atoms with Gasteiger partial charge in [0.1, 0.15) is 29.4 Å². The zero-order chi connectivity index (χ0) is 38.6. The minimum absolute atomic E-state index is 0.00713. The van der Waals surface area contributed by atoms with Crippen LogP contribution < -0.4 is 15.4 Å². The van der Waals surface area contributed by atoms with E-state index in [0.29, 0.717) is 52.3 Å². The van der Waals surface area contributed by atoms with E-state index in [1.54, 1.807) is 18.3 Å². The van der Waals surface area contributed by atoms with Crippen molar-refractivity contribution in [3.05, 3.63) is 46.8 Å². The van der Waals surface area contributed by atoms with Crippen LogP contribution in [0.5, 0.6) is 5.75 Å². The van der Waals surface area contributed by atoms with Gasteiger partial charge in [0.2, 0.25) is 11.8 Å². The van der Waals surface area contributed by atoms with Gasteiger partial charge in [-0.25, -0.2) is 9.78 Å². The first-order chi connectivity index (χ1) is 26.8. The summed E-state index contributed by atoms with van der Waals surface area (Å²) in [5, 5.41) is 20.7. The normalized spacial score (nSPS) is 19.3. The van der Waals surface area contributed by atoms with Gasteiger partial charge < -0.3 is 39.6 Å². The fourth-order valence-corrected chi connectivity index (χ4v) is 8.85. The number of carboxylic acid groups (broad SMARTS) is 1. The summed E-state index contributed by atoms with van der Waals surface area (Å²) < 4.78 is 23.5. The van der Waals surface area contributed by atoms with Crippen molar-refractivity contribution in [1.29, 1.82) is 0 Å². The summed E-state index contributed by atoms with van der Waals surface area (Å²) in [5.41, 5.74) is 1.83. The number of hydrogen-bond acceptors (Lipinski definition) is 10. The Morgan fingerprint density at radius 2 is 1.64 bits per heavy atom. The molecule has 2 saturated heterocycles. The lowest BCUT2D eigenvalue weighted by molar-refractivity contribution is -0.140. The number of hydrogen-bond donors (Lipinski definition) is 3. The third-order valence-electron chi connectivity index (χ3n) is 11.2. The van der Waals surface area contributed by atoms with Crippen LogP contribution in [0.3, 0.4) is 0 Å². The molecule has 0 spiro atoms. The van der Waals surface area contributed by atoms with Crippen molar-refractivity contribution in [2.75, 3.05) is 66.3 Å². The van der Waals surface area contributed by atoms with Crippen molar-refractivity contribution in [1.82, 2.24) is 25.4 Å². The minimum atomic E-state index is -1.19. The van der Waals surface area contributed by atoms with Gasteiger partial charge in [0.25, 0.3) is 0 Å². The van der Waals surface area contributed by atoms with Gasteiger partial charge in [0.05, 0.1) is 50.9 Å². The van der Waals surface area contributed by atoms with Crippen LogP contribution in [0.4, 0.5) is 4.79 Å². The first-order valence-electron chi connectivity index (χ1n) is 20.0. The molecule has 55 heavy (non-hydrogen) atoms. The molecule has 1 aliphatic carbocycles. The molecular formula is C41H57N5O8S. The summed E-state index contributed by atoms with van der Waals surface area (Å²) in [7, 11) is 1.37. The average Bonchev–Trinajstić information content (AvgIpc) is 3.91. The molecule has 3 heterocycles. The molecule has 2 aromatic carbocycles. The van der Waals surface area contributed by atoms with Crippen LogP contribution in [-0.2, 0) is 23.8 Å². The number of piperidine rings is 1. The number of carbonyl (C=O) groups is 3. The molecule has 0 unspecified atom stereocenters. The smallest absolute Gasteiger partial charge is 0.407 e. The molecule has 300 valence electrons. The molecule has 14 heteroatoms. The van der Waals surface area contributed by atoms with Crippen LogP contribution >= 0.6 is 11.3 Å². The molecule has 1 saturated carbocycles. The van der Waals surface area contributed by atoms with Crippen molar-refractivity contribution in [3.63, 3.8) is 0 Å². The lowest BCUT2D eigenvalue weighted by Crippen LogP contribution is -2.56. The molecule has 3 atom stereocenters. The molecule has 0 bridgehead atoms. The molecule has 3 fully saturated rings. The van der Waals surface area contributed by atoms with E-state index >= 15 is 0 Å². The third-order valence-corrected chi connectivity index (χ3v) is 12.1. The summed E-state index contributed by atoms with van der Waals surface area (Å²) in [4.78, 5) is 47.1. The number of thiazole rings is 1. The fraction of sp³-hybridized carbons (Fsp3) is 0.610. The van der Waals surface area contributed by atoms with Crippen molar-refractivity contribution < 1.29 is 38.4 Å². The van der Waals surface area contributed by atoms with E-state index in [1.165, 1.54) is 7.05 Å². The van der Waals surface area contributed by atoms with E-state index in [-0.39, 0.29) is 17.9 Å². The van der Waals surface area contributed by atoms with Gasteiger partial charge in [-0.3, -0.25) is 14.5 Å². The number of fused-ring (bicyclic) bond motifs is 1. The number of benzene rings is 2. The number of carbonyl (C=O) groups excluding carboxylic acids is 2. The van der Waals surface area contributed by atoms with E-state index in [2.05, 4.69) is 22.1 Å². The summed E-state index contributed by atoms with van der Waals surface area (Å²) >= 11 is 1.55. The third kappa shape index (κ3) is 10.7. The van der Waals surface area contributed by atoms with Crippen molar-refractivity contribution in [3.8, 4) is 17.0 Å². The predicted octanol–water partition coefficient (Wildman–Crippen LogP) is 5.87. The Bertz CT molecular complexity index is 1710. The van der Waals surface area contributed by atoms with E-state index in [0.717, 1.165) is 109 Å². The van der Waals surface area contributed by atoms with Crippen LogP contribution in [0.1, 0.15) is 75.8 Å². The van der Waals surface area contributed by atoms with Crippen molar-refractivity contribution in [2.24, 2.45) is 5.92 Å². The molecule has 1 aromatic heterocycles. The number of rotatable bonds is 18. The second-order valence-electron chi connectivity index (χ2n) is 14.8. The first-order valence-corrected chi connectivity index (χ1v) is 20.8. The predicted molar refractivity (Wildman–Crippen MR) is 211 cm³/mol. The SMILES string of the molecule is C[C@@H](C(=O)N[C@H](C(=O)N1CCC[C@H]1c1nc(-c2ccc(OCCOCCOCCOC3CCNCC3)c3ccccc23)cs1)C1CCCCC1)N(C)C(=O)O. The van der Waals surface area contributed by atoms with Gasteiger partial charge >= 0.3 is 6.09 Å². The van der Waals surface area contributed by atoms with E-state index in [4.69, 9.17) is 23.9 Å². The molecule has 3 aliphatic rings. The van der Waals surface area contributed by atoms with E-state index in [9.17, 15) is 19.5 Å². The Morgan fingerprint density at radius 3 is 2.38 bits per heavy atom. The molecule has 6 rings (SSSR count). The number of amides is 3. The van der Waals surface area contributed by atoms with Crippen molar-refractivity contribution in [2.45, 2.75) is 88.9 Å². The molecule has 3 amide bonds. The van der Waals surface area contributed by atoms with Crippen molar-refractivity contribution >= 4 is 40.0 Å². The van der Waals surface area contributed by atoms with Crippen LogP contribution in [0, 0.1) is 5.92 Å². The highest BCUT2D eigenvalue weighted by Crippen LogP contribution is 2.40. The maximum absolute atomic E-state index is 14.4. The standard InChI is InChI=1S/C41H57N5O8S/c1-28(45(2)41(49)50)38(47)44-37(29-9-4-3-5-10-29)40(48)46-20-8-13-35(46)39-43-34(27-55-39)32-14-15-36(33-12-7-6-11-31(32)33)54-26-24-52-22-21-51-23-25-53-30-16-18-42-19-17-30/h6-7,11-12,14-15,27-30,35,37,42H,3-5,8-10,13,16-26H2,1-2H3,(H,44,47)(H,49,50)/t28-,35-,37-/m0/s1. The monoisotopic (exact) mass is 779 g/mol. The topological polar surface area (TPSA) is 152 Å². The Hall–Kier alpha value is -3.82. The molecule has 13 nitrogen and oxygen atoms in total. The summed E-state index contributed by atoms with van der Waals surface area (Å²) in [5.74, 6) is 0.220. The molecule has 3 aromatic rings. The Balaban J connectivity index is 1.05. The molecule has 0 radical (unpaired) electrons. The average molecular weight is 780 g/mol. The molecule has 3 N–H and O–H groups in total. The quantitative estimate of drug-likeness (QED) is 0.134. The van der Waals surface area contributed by atoms with Gasteiger partial charge in [0.15, 0.2) is 0 Å². The highest BCUT2D eigenvalue weighted by Gasteiger charge is 2.40. The number of aromatic nitrogens is 1. The highest BCUT2D eigenvalue weighted by atomic mass is 32.1. The van der Waals surface area contributed by atoms with Gasteiger partial charge in [-0.2, -0.15) is 0 Å². The number of likely N-dealkylation sites (N-methyl/N-ethyl adjacent to an activating group) is 1. The summed E-state index contributed by atoms with van der Waals surface area (Å²) in [6.45, 7) is 7.20. The number of ether oxygens (including phenoxy) is 4. The van der Waals surface area contributed by atoms with Crippen LogP contribution in [0.25, 0.3) is 22.0 Å². The first kappa shape index (κ1) is 40.8. The molecule has 2 aliphatic heterocycles. The van der Waals surface area contributed by atoms with E-state index < -0.39 is 24.1 Å². The summed E-state index contributed by atoms with van der Waals surface area (Å²) in [6, 6.07) is 10.3. The maximum Gasteiger partial charge on any atom is 0.407 e. The summed E-state index contributed by atoms with van der Waals surface area (Å²) in [6.07, 6.45) is 7.71. The molecular weight excluding hydrogens is 723 g/mol. The highest BCUT2D eigenvalue weighted by molar-refractivity contribution is 7.10. The zero-order valence-electron chi connectivity index (χ0n) is 32.2. The van der Waals surface area contributed by atoms with Gasteiger partial charge in [-0.1, -0.05) is 43.5 Å². The Morgan fingerprint density at radius 1 is 0.927 bits per heavy atom. The van der Waals surface area contributed by atoms with Gasteiger partial charge in [-0.05, 0) is 82.0 Å². The second kappa shape index (κ2) is 20.4. The maximum atomic E-state index is 14.4. The Kier molecular flexibility index (Phi) is 15.1. The lowest BCUT2D eigenvalue weighted by Gasteiger charge is -2.35. The second-order valence-corrected chi connectivity index (χ2v) is 15.7.